The van der Waals surface area contributed by atoms with E-state index in [0.717, 1.165) is 34.4 Å². The number of aromatic nitrogens is 2. The molecule has 25 heavy (non-hydrogen) atoms. The molecule has 2 heterocycles. The van der Waals surface area contributed by atoms with Crippen molar-refractivity contribution in [3.8, 4) is 11.3 Å². The average Bonchev–Trinajstić information content (AvgIpc) is 3.12. The molecular formula is C19H24BrN3O2. The van der Waals surface area contributed by atoms with Gasteiger partial charge in [-0.3, -0.25) is 4.90 Å². The summed E-state index contributed by atoms with van der Waals surface area (Å²) in [6.45, 7) is 7.72. The van der Waals surface area contributed by atoms with Crippen LogP contribution in [0.4, 0.5) is 4.79 Å². The normalized spacial score (nSPS) is 20.8. The maximum atomic E-state index is 12.6. The number of imidazole rings is 1. The summed E-state index contributed by atoms with van der Waals surface area (Å²) < 4.78 is 6.63. The number of carbonyl (C=O) groups excluding carboxylic acids is 1. The molecule has 3 rings (SSSR count). The van der Waals surface area contributed by atoms with Crippen molar-refractivity contribution < 1.29 is 9.53 Å². The Balaban J connectivity index is 1.83. The summed E-state index contributed by atoms with van der Waals surface area (Å²) in [7, 11) is 0. The molecule has 5 nitrogen and oxygen atoms in total. The van der Waals surface area contributed by atoms with Crippen molar-refractivity contribution in [2.24, 2.45) is 0 Å². The van der Waals surface area contributed by atoms with Gasteiger partial charge in [0.25, 0.3) is 0 Å². The fourth-order valence-electron chi connectivity index (χ4n) is 3.16. The maximum absolute atomic E-state index is 12.6. The predicted molar refractivity (Wildman–Crippen MR) is 101 cm³/mol. The Morgan fingerprint density at radius 2 is 1.96 bits per heavy atom. The third-order valence-electron chi connectivity index (χ3n) is 4.34. The molecule has 134 valence electrons. The molecule has 1 aliphatic heterocycles. The number of aromatic amines is 1. The Morgan fingerprint density at radius 1 is 1.28 bits per heavy atom. The number of hydrogen-bond donors (Lipinski definition) is 1. The number of halogens is 1. The lowest BCUT2D eigenvalue weighted by Crippen LogP contribution is -2.40. The number of nitrogens with zero attached hydrogens (tertiary/aromatic N) is 2. The monoisotopic (exact) mass is 405 g/mol. The summed E-state index contributed by atoms with van der Waals surface area (Å²) in [4.78, 5) is 22.4. The van der Waals surface area contributed by atoms with E-state index in [9.17, 15) is 4.79 Å². The molecule has 1 N–H and O–H groups in total. The first-order chi connectivity index (χ1) is 11.7. The van der Waals surface area contributed by atoms with Crippen molar-refractivity contribution in [3.63, 3.8) is 0 Å². The fourth-order valence-corrected chi connectivity index (χ4v) is 3.42. The lowest BCUT2D eigenvalue weighted by molar-refractivity contribution is 0.0152. The van der Waals surface area contributed by atoms with Crippen LogP contribution in [-0.4, -0.2) is 32.6 Å². The maximum Gasteiger partial charge on any atom is 0.411 e. The molecule has 2 aromatic rings. The highest BCUT2D eigenvalue weighted by Crippen LogP contribution is 2.36. The van der Waals surface area contributed by atoms with Crippen molar-refractivity contribution >= 4 is 22.0 Å². The number of hydrogen-bond acceptors (Lipinski definition) is 3. The van der Waals surface area contributed by atoms with Gasteiger partial charge in [-0.15, -0.1) is 0 Å². The van der Waals surface area contributed by atoms with Crippen LogP contribution in [0.2, 0.25) is 0 Å². The summed E-state index contributed by atoms with van der Waals surface area (Å²) in [6.07, 6.45) is 3.38. The zero-order chi connectivity index (χ0) is 18.2. The Bertz CT molecular complexity index is 749. The Morgan fingerprint density at radius 3 is 2.60 bits per heavy atom. The zero-order valence-corrected chi connectivity index (χ0v) is 16.6. The molecule has 6 heteroatoms. The lowest BCUT2D eigenvalue weighted by atomic mass is 10.2. The van der Waals surface area contributed by atoms with E-state index in [2.05, 4.69) is 32.8 Å². The first-order valence-electron chi connectivity index (χ1n) is 8.57. The fraction of sp³-hybridized carbons (Fsp3) is 0.474. The van der Waals surface area contributed by atoms with Gasteiger partial charge in [0.05, 0.1) is 17.9 Å². The van der Waals surface area contributed by atoms with E-state index >= 15 is 0 Å². The third kappa shape index (κ3) is 4.06. The SMILES string of the molecule is CC1CCC(c2ncc(-c3ccc(Br)cc3)[nH]2)N1C(=O)OC(C)(C)C. The lowest BCUT2D eigenvalue weighted by Gasteiger charge is -2.30. The van der Waals surface area contributed by atoms with E-state index in [4.69, 9.17) is 4.74 Å². The van der Waals surface area contributed by atoms with Gasteiger partial charge in [-0.1, -0.05) is 28.1 Å². The van der Waals surface area contributed by atoms with Crippen LogP contribution in [-0.2, 0) is 4.74 Å². The molecule has 1 aromatic carbocycles. The largest absolute Gasteiger partial charge is 0.444 e. The van der Waals surface area contributed by atoms with Crippen molar-refractivity contribution in [1.82, 2.24) is 14.9 Å². The van der Waals surface area contributed by atoms with Crippen molar-refractivity contribution in [3.05, 3.63) is 40.8 Å². The Labute approximate surface area is 156 Å². The number of amides is 1. The molecule has 2 atom stereocenters. The third-order valence-corrected chi connectivity index (χ3v) is 4.87. The number of likely N-dealkylation sites (tertiary alicyclic amines) is 1. The molecule has 0 saturated carbocycles. The van der Waals surface area contributed by atoms with Crippen LogP contribution < -0.4 is 0 Å². The summed E-state index contributed by atoms with van der Waals surface area (Å²) in [6, 6.07) is 8.13. The zero-order valence-electron chi connectivity index (χ0n) is 15.0. The molecular weight excluding hydrogens is 382 g/mol. The van der Waals surface area contributed by atoms with Crippen LogP contribution in [0.25, 0.3) is 11.3 Å². The van der Waals surface area contributed by atoms with Crippen molar-refractivity contribution in [2.45, 2.75) is 58.2 Å². The molecule has 1 fully saturated rings. The van der Waals surface area contributed by atoms with Gasteiger partial charge in [-0.2, -0.15) is 0 Å². The van der Waals surface area contributed by atoms with Crippen LogP contribution in [0.15, 0.2) is 34.9 Å². The highest BCUT2D eigenvalue weighted by atomic mass is 79.9. The van der Waals surface area contributed by atoms with Crippen LogP contribution in [0, 0.1) is 0 Å². The first-order valence-corrected chi connectivity index (χ1v) is 9.36. The minimum atomic E-state index is -0.504. The van der Waals surface area contributed by atoms with Gasteiger partial charge in [0, 0.05) is 10.5 Å². The van der Waals surface area contributed by atoms with Crippen molar-refractivity contribution in [1.29, 1.82) is 0 Å². The smallest absolute Gasteiger partial charge is 0.411 e. The Kier molecular flexibility index (Phi) is 4.91. The van der Waals surface area contributed by atoms with E-state index in [-0.39, 0.29) is 18.2 Å². The van der Waals surface area contributed by atoms with Crippen LogP contribution in [0.1, 0.15) is 52.4 Å². The summed E-state index contributed by atoms with van der Waals surface area (Å²) in [5, 5.41) is 0. The van der Waals surface area contributed by atoms with Crippen LogP contribution >= 0.6 is 15.9 Å². The van der Waals surface area contributed by atoms with E-state index < -0.39 is 5.60 Å². The van der Waals surface area contributed by atoms with E-state index in [1.807, 2.05) is 56.1 Å². The molecule has 1 saturated heterocycles. The average molecular weight is 406 g/mol. The van der Waals surface area contributed by atoms with Gasteiger partial charge in [0.15, 0.2) is 0 Å². The number of H-pyrrole nitrogens is 1. The van der Waals surface area contributed by atoms with Gasteiger partial charge in [0.2, 0.25) is 0 Å². The molecule has 0 bridgehead atoms. The van der Waals surface area contributed by atoms with Gasteiger partial charge < -0.3 is 9.72 Å². The second-order valence-electron chi connectivity index (χ2n) is 7.52. The molecule has 1 aliphatic rings. The topological polar surface area (TPSA) is 58.2 Å². The van der Waals surface area contributed by atoms with Gasteiger partial charge >= 0.3 is 6.09 Å². The molecule has 1 aromatic heterocycles. The van der Waals surface area contributed by atoms with E-state index in [1.54, 1.807) is 0 Å². The highest BCUT2D eigenvalue weighted by Gasteiger charge is 2.39. The van der Waals surface area contributed by atoms with Gasteiger partial charge in [-0.25, -0.2) is 9.78 Å². The molecule has 1 amide bonds. The summed E-state index contributed by atoms with van der Waals surface area (Å²) in [5.41, 5.74) is 1.51. The van der Waals surface area contributed by atoms with E-state index in [0.29, 0.717) is 0 Å². The standard InChI is InChI=1S/C19H24BrN3O2/c1-12-5-10-16(23(12)18(24)25-19(2,3)4)17-21-11-15(22-17)13-6-8-14(20)9-7-13/h6-9,11-12,16H,5,10H2,1-4H3,(H,21,22). The second-order valence-corrected chi connectivity index (χ2v) is 8.43. The van der Waals surface area contributed by atoms with Gasteiger partial charge in [-0.05, 0) is 58.2 Å². The molecule has 0 radical (unpaired) electrons. The molecule has 0 spiro atoms. The number of rotatable bonds is 2. The highest BCUT2D eigenvalue weighted by molar-refractivity contribution is 9.10. The quantitative estimate of drug-likeness (QED) is 0.736. The summed E-state index contributed by atoms with van der Waals surface area (Å²) >= 11 is 3.45. The number of nitrogens with one attached hydrogen (secondary N) is 1. The van der Waals surface area contributed by atoms with Gasteiger partial charge in [0.1, 0.15) is 11.4 Å². The predicted octanol–water partition coefficient (Wildman–Crippen LogP) is 5.30. The van der Waals surface area contributed by atoms with E-state index in [1.165, 1.54) is 0 Å². The first kappa shape index (κ1) is 18.0. The number of carbonyl (C=O) groups is 1. The second kappa shape index (κ2) is 6.83. The molecule has 0 aliphatic carbocycles. The summed E-state index contributed by atoms with van der Waals surface area (Å²) in [5.74, 6) is 0.813. The Hall–Kier alpha value is -1.82. The van der Waals surface area contributed by atoms with Crippen LogP contribution in [0.3, 0.4) is 0 Å². The molecule has 2 unspecified atom stereocenters. The van der Waals surface area contributed by atoms with Crippen molar-refractivity contribution in [2.75, 3.05) is 0 Å². The minimum Gasteiger partial charge on any atom is -0.444 e. The number of ether oxygens (including phenoxy) is 1. The van der Waals surface area contributed by atoms with Crippen LogP contribution in [0.5, 0.6) is 0 Å². The minimum absolute atomic E-state index is 0.0750. The number of benzene rings is 1.